The third kappa shape index (κ3) is 1.67. The SMILES string of the molecule is CC(C)C1=C(C(C)C)N=NC1. The minimum Gasteiger partial charge on any atom is -0.184 e. The van der Waals surface area contributed by atoms with Crippen LogP contribution in [0.25, 0.3) is 0 Å². The van der Waals surface area contributed by atoms with Gasteiger partial charge >= 0.3 is 0 Å². The van der Waals surface area contributed by atoms with Crippen LogP contribution in [0.5, 0.6) is 0 Å². The van der Waals surface area contributed by atoms with Gasteiger partial charge in [0.25, 0.3) is 0 Å². The molecule has 2 nitrogen and oxygen atoms in total. The Morgan fingerprint density at radius 1 is 1.09 bits per heavy atom. The normalized spacial score (nSPS) is 17.6. The lowest BCUT2D eigenvalue weighted by molar-refractivity contribution is 0.695. The van der Waals surface area contributed by atoms with Crippen LogP contribution in [0.4, 0.5) is 0 Å². The number of rotatable bonds is 2. The largest absolute Gasteiger partial charge is 0.184 e. The summed E-state index contributed by atoms with van der Waals surface area (Å²) in [6.07, 6.45) is 0. The second-order valence-corrected chi connectivity index (χ2v) is 3.62. The summed E-state index contributed by atoms with van der Waals surface area (Å²) in [5.74, 6) is 1.13. The Labute approximate surface area is 68.4 Å². The third-order valence-electron chi connectivity index (χ3n) is 1.99. The zero-order chi connectivity index (χ0) is 8.43. The van der Waals surface area contributed by atoms with Crippen molar-refractivity contribution >= 4 is 0 Å². The summed E-state index contributed by atoms with van der Waals surface area (Å²) in [5, 5.41) is 8.18. The molecule has 0 aliphatic carbocycles. The Morgan fingerprint density at radius 2 is 1.73 bits per heavy atom. The zero-order valence-corrected chi connectivity index (χ0v) is 7.76. The first-order chi connectivity index (χ1) is 5.13. The van der Waals surface area contributed by atoms with Gasteiger partial charge in [0.15, 0.2) is 0 Å². The third-order valence-corrected chi connectivity index (χ3v) is 1.99. The van der Waals surface area contributed by atoms with Gasteiger partial charge in [-0.1, -0.05) is 27.7 Å². The molecule has 0 spiro atoms. The number of hydrogen-bond acceptors (Lipinski definition) is 2. The highest BCUT2D eigenvalue weighted by Gasteiger charge is 2.17. The van der Waals surface area contributed by atoms with E-state index >= 15 is 0 Å². The molecule has 0 fully saturated rings. The summed E-state index contributed by atoms with van der Waals surface area (Å²) >= 11 is 0. The minimum atomic E-state index is 0.527. The van der Waals surface area contributed by atoms with Crippen LogP contribution in [0.2, 0.25) is 0 Å². The molecule has 1 aliphatic rings. The lowest BCUT2D eigenvalue weighted by Gasteiger charge is -2.09. The fourth-order valence-corrected chi connectivity index (χ4v) is 1.30. The van der Waals surface area contributed by atoms with Crippen LogP contribution in [0.15, 0.2) is 21.5 Å². The van der Waals surface area contributed by atoms with Crippen LogP contribution < -0.4 is 0 Å². The highest BCUT2D eigenvalue weighted by atomic mass is 15.1. The fourth-order valence-electron chi connectivity index (χ4n) is 1.30. The van der Waals surface area contributed by atoms with Crippen molar-refractivity contribution in [3.05, 3.63) is 11.3 Å². The molecule has 0 aromatic heterocycles. The van der Waals surface area contributed by atoms with Crippen molar-refractivity contribution in [2.45, 2.75) is 27.7 Å². The average Bonchev–Trinajstić information content (AvgIpc) is 2.32. The summed E-state index contributed by atoms with van der Waals surface area (Å²) < 4.78 is 0. The number of allylic oxidation sites excluding steroid dienone is 1. The van der Waals surface area contributed by atoms with E-state index in [4.69, 9.17) is 0 Å². The summed E-state index contributed by atoms with van der Waals surface area (Å²) in [7, 11) is 0. The Hall–Kier alpha value is -0.660. The summed E-state index contributed by atoms with van der Waals surface area (Å²) in [5.41, 5.74) is 2.63. The summed E-state index contributed by atoms with van der Waals surface area (Å²) in [4.78, 5) is 0. The van der Waals surface area contributed by atoms with Gasteiger partial charge in [0.2, 0.25) is 0 Å². The molecule has 1 heterocycles. The van der Waals surface area contributed by atoms with E-state index in [1.54, 1.807) is 0 Å². The first-order valence-electron chi connectivity index (χ1n) is 4.23. The summed E-state index contributed by atoms with van der Waals surface area (Å²) in [6, 6.07) is 0. The first-order valence-corrected chi connectivity index (χ1v) is 4.23. The van der Waals surface area contributed by atoms with Gasteiger partial charge in [0.1, 0.15) is 0 Å². The number of azo groups is 1. The van der Waals surface area contributed by atoms with E-state index in [0.29, 0.717) is 11.8 Å². The molecular weight excluding hydrogens is 136 g/mol. The van der Waals surface area contributed by atoms with Crippen molar-refractivity contribution in [2.24, 2.45) is 22.1 Å². The van der Waals surface area contributed by atoms with Crippen LogP contribution in [0.1, 0.15) is 27.7 Å². The predicted molar refractivity (Wildman–Crippen MR) is 46.4 cm³/mol. The van der Waals surface area contributed by atoms with Crippen LogP contribution in [-0.4, -0.2) is 6.54 Å². The van der Waals surface area contributed by atoms with Crippen LogP contribution in [0.3, 0.4) is 0 Å². The van der Waals surface area contributed by atoms with E-state index < -0.39 is 0 Å². The molecule has 0 amide bonds. The maximum atomic E-state index is 4.14. The van der Waals surface area contributed by atoms with Crippen molar-refractivity contribution in [2.75, 3.05) is 6.54 Å². The van der Waals surface area contributed by atoms with Gasteiger partial charge in [-0.15, -0.1) is 0 Å². The number of hydrogen-bond donors (Lipinski definition) is 0. The molecule has 11 heavy (non-hydrogen) atoms. The van der Waals surface area contributed by atoms with Crippen LogP contribution in [-0.2, 0) is 0 Å². The molecule has 1 aliphatic heterocycles. The van der Waals surface area contributed by atoms with Gasteiger partial charge in [-0.2, -0.15) is 10.2 Å². The quantitative estimate of drug-likeness (QED) is 0.581. The van der Waals surface area contributed by atoms with Gasteiger partial charge in [0.05, 0.1) is 12.2 Å². The van der Waals surface area contributed by atoms with Crippen LogP contribution in [0, 0.1) is 11.8 Å². The molecule has 2 heteroatoms. The van der Waals surface area contributed by atoms with E-state index in [1.165, 1.54) is 11.3 Å². The molecule has 1 rings (SSSR count). The Morgan fingerprint density at radius 3 is 2.09 bits per heavy atom. The minimum absolute atomic E-state index is 0.527. The first kappa shape index (κ1) is 8.44. The maximum Gasteiger partial charge on any atom is 0.0837 e. The molecule has 0 aromatic carbocycles. The van der Waals surface area contributed by atoms with Crippen molar-refractivity contribution in [1.82, 2.24) is 0 Å². The van der Waals surface area contributed by atoms with Gasteiger partial charge in [-0.05, 0) is 17.4 Å². The highest BCUT2D eigenvalue weighted by molar-refractivity contribution is 5.21. The zero-order valence-electron chi connectivity index (χ0n) is 7.76. The van der Waals surface area contributed by atoms with Crippen molar-refractivity contribution < 1.29 is 0 Å². The predicted octanol–water partition coefficient (Wildman–Crippen LogP) is 3.02. The summed E-state index contributed by atoms with van der Waals surface area (Å²) in [6.45, 7) is 9.57. The Balaban J connectivity index is 2.84. The lowest BCUT2D eigenvalue weighted by Crippen LogP contribution is -2.01. The Kier molecular flexibility index (Phi) is 2.42. The molecule has 0 N–H and O–H groups in total. The van der Waals surface area contributed by atoms with Gasteiger partial charge in [-0.3, -0.25) is 0 Å². The fraction of sp³-hybridized carbons (Fsp3) is 0.778. The molecule has 0 radical (unpaired) electrons. The average molecular weight is 152 g/mol. The molecular formula is C9H16N2. The number of nitrogens with zero attached hydrogens (tertiary/aromatic N) is 2. The monoisotopic (exact) mass is 152 g/mol. The van der Waals surface area contributed by atoms with Crippen LogP contribution >= 0.6 is 0 Å². The Bertz CT molecular complexity index is 200. The lowest BCUT2D eigenvalue weighted by atomic mass is 9.97. The topological polar surface area (TPSA) is 24.7 Å². The van der Waals surface area contributed by atoms with Crippen molar-refractivity contribution in [3.63, 3.8) is 0 Å². The molecule has 0 atom stereocenters. The van der Waals surface area contributed by atoms with Gasteiger partial charge < -0.3 is 0 Å². The maximum absolute atomic E-state index is 4.14. The van der Waals surface area contributed by atoms with Crippen molar-refractivity contribution in [3.8, 4) is 0 Å². The molecule has 0 bridgehead atoms. The molecule has 0 saturated carbocycles. The van der Waals surface area contributed by atoms with E-state index in [1.807, 2.05) is 0 Å². The molecule has 0 saturated heterocycles. The smallest absolute Gasteiger partial charge is 0.0837 e. The molecule has 0 unspecified atom stereocenters. The standard InChI is InChI=1S/C9H16N2/c1-6(2)8-5-10-11-9(8)7(3)4/h6-7H,5H2,1-4H3. The molecule has 0 aromatic rings. The second kappa shape index (κ2) is 3.16. The highest BCUT2D eigenvalue weighted by Crippen LogP contribution is 2.27. The van der Waals surface area contributed by atoms with E-state index in [0.717, 1.165) is 6.54 Å². The van der Waals surface area contributed by atoms with E-state index in [2.05, 4.69) is 37.9 Å². The van der Waals surface area contributed by atoms with E-state index in [9.17, 15) is 0 Å². The van der Waals surface area contributed by atoms with E-state index in [-0.39, 0.29) is 0 Å². The second-order valence-electron chi connectivity index (χ2n) is 3.62. The van der Waals surface area contributed by atoms with Gasteiger partial charge in [0, 0.05) is 0 Å². The van der Waals surface area contributed by atoms with Crippen molar-refractivity contribution in [1.29, 1.82) is 0 Å². The van der Waals surface area contributed by atoms with Gasteiger partial charge in [-0.25, -0.2) is 0 Å². The molecule has 62 valence electrons.